The van der Waals surface area contributed by atoms with Crippen molar-refractivity contribution in [2.75, 3.05) is 0 Å². The van der Waals surface area contributed by atoms with Crippen LogP contribution in [0, 0.1) is 5.82 Å². The lowest BCUT2D eigenvalue weighted by Crippen LogP contribution is -2.28. The maximum absolute atomic E-state index is 14.4. The van der Waals surface area contributed by atoms with E-state index in [1.165, 1.54) is 13.1 Å². The normalized spacial score (nSPS) is 13.2. The summed E-state index contributed by atoms with van der Waals surface area (Å²) in [6, 6.07) is 2.79. The van der Waals surface area contributed by atoms with Crippen LogP contribution in [0.5, 0.6) is 5.75 Å². The molecule has 0 radical (unpaired) electrons. The van der Waals surface area contributed by atoms with E-state index in [-0.39, 0.29) is 44.4 Å². The Labute approximate surface area is 191 Å². The van der Waals surface area contributed by atoms with Crippen molar-refractivity contribution in [1.29, 1.82) is 0 Å². The number of aliphatic hydroxyl groups is 2. The fourth-order valence-corrected chi connectivity index (χ4v) is 3.29. The summed E-state index contributed by atoms with van der Waals surface area (Å²) in [5.74, 6) is -1.53. The van der Waals surface area contributed by atoms with Crippen molar-refractivity contribution in [3.63, 3.8) is 0 Å². The molecule has 1 aromatic carbocycles. The Morgan fingerprint density at radius 3 is 2.48 bits per heavy atom. The number of aliphatic hydroxyl groups excluding tert-OH is 1. The molecule has 2 N–H and O–H groups in total. The van der Waals surface area contributed by atoms with Gasteiger partial charge in [-0.2, -0.15) is 18.2 Å². The minimum Gasteiger partial charge on any atom is -0.482 e. The SMILES string of the molecule is CC(Oc1cc(Cl)c(-c2nc(-c3cn4cc(C(F)(F)F)cc(Cl)c4n3)no2)cc1F)C(O)O. The molecule has 14 heteroatoms. The smallest absolute Gasteiger partial charge is 0.417 e. The van der Waals surface area contributed by atoms with Gasteiger partial charge in [0.2, 0.25) is 5.82 Å². The zero-order valence-corrected chi connectivity index (χ0v) is 17.8. The van der Waals surface area contributed by atoms with Crippen molar-refractivity contribution < 1.29 is 37.0 Å². The van der Waals surface area contributed by atoms with E-state index in [0.29, 0.717) is 0 Å². The first kappa shape index (κ1) is 23.2. The van der Waals surface area contributed by atoms with E-state index in [1.54, 1.807) is 0 Å². The first-order chi connectivity index (χ1) is 15.4. The molecule has 4 rings (SSSR count). The highest BCUT2D eigenvalue weighted by atomic mass is 35.5. The lowest BCUT2D eigenvalue weighted by Gasteiger charge is -2.17. The average molecular weight is 507 g/mol. The number of hydrogen-bond donors (Lipinski definition) is 2. The Morgan fingerprint density at radius 2 is 1.82 bits per heavy atom. The largest absolute Gasteiger partial charge is 0.482 e. The molecule has 8 nitrogen and oxygen atoms in total. The van der Waals surface area contributed by atoms with Crippen LogP contribution in [0.25, 0.3) is 28.6 Å². The number of hydrogen-bond acceptors (Lipinski definition) is 7. The van der Waals surface area contributed by atoms with Crippen LogP contribution in [0.2, 0.25) is 10.0 Å². The van der Waals surface area contributed by atoms with E-state index in [1.807, 2.05) is 0 Å². The number of imidazole rings is 1. The summed E-state index contributed by atoms with van der Waals surface area (Å²) in [5, 5.41) is 21.6. The predicted octanol–water partition coefficient (Wildman–Crippen LogP) is 4.59. The Balaban J connectivity index is 1.68. The third-order valence-electron chi connectivity index (χ3n) is 4.47. The first-order valence-electron chi connectivity index (χ1n) is 9.05. The number of ether oxygens (including phenoxy) is 1. The van der Waals surface area contributed by atoms with Crippen LogP contribution in [0.1, 0.15) is 12.5 Å². The summed E-state index contributed by atoms with van der Waals surface area (Å²) >= 11 is 12.1. The zero-order chi connectivity index (χ0) is 24.1. The quantitative estimate of drug-likeness (QED) is 0.301. The van der Waals surface area contributed by atoms with Gasteiger partial charge in [0.1, 0.15) is 11.8 Å². The molecule has 0 amide bonds. The molecule has 1 unspecified atom stereocenters. The average Bonchev–Trinajstić information content (AvgIpc) is 3.37. The molecular weight excluding hydrogens is 495 g/mol. The monoisotopic (exact) mass is 506 g/mol. The molecule has 174 valence electrons. The number of fused-ring (bicyclic) bond motifs is 1. The number of rotatable bonds is 5. The fourth-order valence-electron chi connectivity index (χ4n) is 2.80. The maximum Gasteiger partial charge on any atom is 0.417 e. The molecule has 0 saturated heterocycles. The Bertz CT molecular complexity index is 1340. The van der Waals surface area contributed by atoms with E-state index in [0.717, 1.165) is 28.8 Å². The molecule has 3 heterocycles. The van der Waals surface area contributed by atoms with Crippen molar-refractivity contribution in [2.24, 2.45) is 0 Å². The van der Waals surface area contributed by atoms with Gasteiger partial charge in [-0.25, -0.2) is 9.37 Å². The predicted molar refractivity (Wildman–Crippen MR) is 107 cm³/mol. The standard InChI is InChI=1S/C19H12Cl2F4N4O4/c1-7(18(30)31)32-14-4-10(20)9(3-12(14)22)17-27-15(28-33-17)13-6-29-5-8(19(23,24)25)2-11(21)16(29)26-13/h2-7,18,30-31H,1H3. The second kappa shape index (κ2) is 8.45. The zero-order valence-electron chi connectivity index (χ0n) is 16.3. The molecule has 0 aliphatic rings. The minimum atomic E-state index is -4.61. The summed E-state index contributed by atoms with van der Waals surface area (Å²) in [7, 11) is 0. The van der Waals surface area contributed by atoms with Crippen molar-refractivity contribution in [1.82, 2.24) is 19.5 Å². The number of alkyl halides is 3. The van der Waals surface area contributed by atoms with Crippen LogP contribution in [0.4, 0.5) is 17.6 Å². The molecule has 33 heavy (non-hydrogen) atoms. The van der Waals surface area contributed by atoms with E-state index in [2.05, 4.69) is 15.1 Å². The van der Waals surface area contributed by atoms with E-state index in [9.17, 15) is 17.6 Å². The van der Waals surface area contributed by atoms with Crippen LogP contribution in [0.15, 0.2) is 35.1 Å². The molecule has 0 fully saturated rings. The molecule has 0 spiro atoms. The second-order valence-electron chi connectivity index (χ2n) is 6.85. The number of nitrogens with zero attached hydrogens (tertiary/aromatic N) is 4. The van der Waals surface area contributed by atoms with E-state index >= 15 is 0 Å². The van der Waals surface area contributed by atoms with E-state index < -0.39 is 30.0 Å². The minimum absolute atomic E-state index is 0.00128. The highest BCUT2D eigenvalue weighted by Crippen LogP contribution is 2.35. The van der Waals surface area contributed by atoms with Crippen molar-refractivity contribution in [3.8, 4) is 28.7 Å². The third-order valence-corrected chi connectivity index (χ3v) is 5.06. The van der Waals surface area contributed by atoms with Gasteiger partial charge in [-0.3, -0.25) is 0 Å². The Hall–Kier alpha value is -2.93. The molecule has 4 aromatic rings. The molecule has 0 aliphatic heterocycles. The maximum atomic E-state index is 14.4. The van der Waals surface area contributed by atoms with Crippen molar-refractivity contribution >= 4 is 28.8 Å². The molecule has 0 bridgehead atoms. The summed E-state index contributed by atoms with van der Waals surface area (Å²) in [4.78, 5) is 8.20. The fraction of sp³-hybridized carbons (Fsp3) is 0.211. The first-order valence-corrected chi connectivity index (χ1v) is 9.81. The van der Waals surface area contributed by atoms with Crippen LogP contribution in [-0.2, 0) is 6.18 Å². The van der Waals surface area contributed by atoms with Crippen LogP contribution in [0.3, 0.4) is 0 Å². The van der Waals surface area contributed by atoms with Crippen molar-refractivity contribution in [2.45, 2.75) is 25.5 Å². The molecule has 3 aromatic heterocycles. The molecule has 1 atom stereocenters. The van der Waals surface area contributed by atoms with Gasteiger partial charge in [0.05, 0.1) is 21.2 Å². The summed E-state index contributed by atoms with van der Waals surface area (Å²) in [5.41, 5.74) is -0.880. The topological polar surface area (TPSA) is 106 Å². The van der Waals surface area contributed by atoms with Gasteiger partial charge in [0.25, 0.3) is 5.89 Å². The van der Waals surface area contributed by atoms with Crippen LogP contribution < -0.4 is 4.74 Å². The number of halogens is 6. The van der Waals surface area contributed by atoms with E-state index in [4.69, 9.17) is 42.7 Å². The molecule has 0 saturated carbocycles. The third kappa shape index (κ3) is 4.60. The lowest BCUT2D eigenvalue weighted by molar-refractivity contribution is -0.137. The number of pyridine rings is 1. The number of benzene rings is 1. The van der Waals surface area contributed by atoms with Gasteiger partial charge < -0.3 is 23.9 Å². The van der Waals surface area contributed by atoms with Crippen LogP contribution >= 0.6 is 23.2 Å². The Kier molecular flexibility index (Phi) is 5.95. The number of aromatic nitrogens is 4. The summed E-state index contributed by atoms with van der Waals surface area (Å²) in [6.07, 6.45) is -5.53. The lowest BCUT2D eigenvalue weighted by atomic mass is 10.2. The van der Waals surface area contributed by atoms with Crippen molar-refractivity contribution in [3.05, 3.63) is 52.0 Å². The van der Waals surface area contributed by atoms with Gasteiger partial charge >= 0.3 is 6.18 Å². The van der Waals surface area contributed by atoms with Crippen LogP contribution in [-0.4, -0.2) is 42.1 Å². The highest BCUT2D eigenvalue weighted by molar-refractivity contribution is 6.33. The molecule has 0 aliphatic carbocycles. The van der Waals surface area contributed by atoms with Gasteiger partial charge in [0.15, 0.2) is 23.5 Å². The van der Waals surface area contributed by atoms with Gasteiger partial charge in [-0.1, -0.05) is 28.4 Å². The van der Waals surface area contributed by atoms with Gasteiger partial charge in [0, 0.05) is 18.5 Å². The summed E-state index contributed by atoms with van der Waals surface area (Å²) < 4.78 is 64.8. The summed E-state index contributed by atoms with van der Waals surface area (Å²) in [6.45, 7) is 1.31. The second-order valence-corrected chi connectivity index (χ2v) is 7.67. The van der Waals surface area contributed by atoms with Gasteiger partial charge in [-0.05, 0) is 19.1 Å². The Morgan fingerprint density at radius 1 is 1.09 bits per heavy atom. The molecular formula is C19H12Cl2F4N4O4. The highest BCUT2D eigenvalue weighted by Gasteiger charge is 2.32. The van der Waals surface area contributed by atoms with Gasteiger partial charge in [-0.15, -0.1) is 0 Å².